The minimum absolute atomic E-state index is 0.0317. The molecule has 0 bridgehead atoms. The summed E-state index contributed by atoms with van der Waals surface area (Å²) in [6.45, 7) is 8.59. The van der Waals surface area contributed by atoms with E-state index in [1.165, 1.54) is 5.56 Å². The summed E-state index contributed by atoms with van der Waals surface area (Å²) in [7, 11) is 0. The van der Waals surface area contributed by atoms with Gasteiger partial charge >= 0.3 is 0 Å². The molecule has 24 heavy (non-hydrogen) atoms. The maximum Gasteiger partial charge on any atom is 0.237 e. The van der Waals surface area contributed by atoms with Crippen LogP contribution in [0, 0.1) is 20.8 Å². The number of anilines is 1. The summed E-state index contributed by atoms with van der Waals surface area (Å²) in [6, 6.07) is 14.1. The Bertz CT molecular complexity index is 700. The van der Waals surface area contributed by atoms with Crippen molar-refractivity contribution in [2.45, 2.75) is 32.9 Å². The fourth-order valence-electron chi connectivity index (χ4n) is 2.27. The zero-order valence-corrected chi connectivity index (χ0v) is 15.6. The Morgan fingerprint density at radius 2 is 1.88 bits per heavy atom. The van der Waals surface area contributed by atoms with Crippen LogP contribution in [0.25, 0.3) is 0 Å². The zero-order valence-electron chi connectivity index (χ0n) is 14.8. The zero-order chi connectivity index (χ0) is 17.5. The van der Waals surface area contributed by atoms with Gasteiger partial charge in [-0.15, -0.1) is 11.8 Å². The molecule has 4 heteroatoms. The summed E-state index contributed by atoms with van der Waals surface area (Å²) in [4.78, 5) is 12.3. The van der Waals surface area contributed by atoms with E-state index in [0.29, 0.717) is 6.61 Å². The van der Waals surface area contributed by atoms with Gasteiger partial charge in [0, 0.05) is 11.4 Å². The molecule has 2 aromatic rings. The van der Waals surface area contributed by atoms with Crippen LogP contribution in [-0.4, -0.2) is 23.5 Å². The first kappa shape index (κ1) is 18.4. The fraction of sp³-hybridized carbons (Fsp3) is 0.350. The lowest BCUT2D eigenvalue weighted by Crippen LogP contribution is -2.23. The van der Waals surface area contributed by atoms with Crippen LogP contribution in [-0.2, 0) is 4.79 Å². The maximum atomic E-state index is 12.3. The molecule has 128 valence electrons. The normalized spacial score (nSPS) is 11.8. The average Bonchev–Trinajstić information content (AvgIpc) is 2.55. The third kappa shape index (κ3) is 5.60. The number of thioether (sulfide) groups is 1. The number of carbonyl (C=O) groups excluding carboxylic acids is 1. The van der Waals surface area contributed by atoms with E-state index >= 15 is 0 Å². The molecule has 0 heterocycles. The topological polar surface area (TPSA) is 38.3 Å². The fourth-order valence-corrected chi connectivity index (χ4v) is 3.01. The van der Waals surface area contributed by atoms with Crippen molar-refractivity contribution in [2.24, 2.45) is 0 Å². The number of carbonyl (C=O) groups is 1. The highest BCUT2D eigenvalue weighted by atomic mass is 32.2. The van der Waals surface area contributed by atoms with Gasteiger partial charge in [-0.25, -0.2) is 0 Å². The van der Waals surface area contributed by atoms with Gasteiger partial charge in [-0.2, -0.15) is 0 Å². The number of rotatable bonds is 7. The standard InChI is InChI=1S/C20H25NO2S/c1-14-6-5-7-18(12-14)23-10-11-24-17(4)20(22)21-19-13-15(2)8-9-16(19)3/h5-9,12-13,17H,10-11H2,1-4H3,(H,21,22). The number of aryl methyl sites for hydroxylation is 3. The van der Waals surface area contributed by atoms with Crippen molar-refractivity contribution in [3.63, 3.8) is 0 Å². The summed E-state index contributed by atoms with van der Waals surface area (Å²) in [6.07, 6.45) is 0. The van der Waals surface area contributed by atoms with E-state index in [1.54, 1.807) is 11.8 Å². The smallest absolute Gasteiger partial charge is 0.237 e. The Kier molecular flexibility index (Phi) is 6.73. The highest BCUT2D eigenvalue weighted by Gasteiger charge is 2.14. The quantitative estimate of drug-likeness (QED) is 0.737. The molecule has 1 N–H and O–H groups in total. The summed E-state index contributed by atoms with van der Waals surface area (Å²) in [5.74, 6) is 1.68. The van der Waals surface area contributed by atoms with E-state index in [4.69, 9.17) is 4.74 Å². The molecule has 0 radical (unpaired) electrons. The second-order valence-corrected chi connectivity index (χ2v) is 7.43. The number of amides is 1. The van der Waals surface area contributed by atoms with Crippen LogP contribution in [0.5, 0.6) is 5.75 Å². The Labute approximate surface area is 148 Å². The van der Waals surface area contributed by atoms with E-state index in [2.05, 4.69) is 5.32 Å². The molecule has 1 unspecified atom stereocenters. The first-order valence-electron chi connectivity index (χ1n) is 8.15. The SMILES string of the molecule is Cc1cccc(OCCSC(C)C(=O)Nc2cc(C)ccc2C)c1. The van der Waals surface area contributed by atoms with Crippen LogP contribution >= 0.6 is 11.8 Å². The van der Waals surface area contributed by atoms with Crippen molar-refractivity contribution in [2.75, 3.05) is 17.7 Å². The van der Waals surface area contributed by atoms with Crippen molar-refractivity contribution in [3.8, 4) is 5.75 Å². The second kappa shape index (κ2) is 8.78. The summed E-state index contributed by atoms with van der Waals surface area (Å²) in [5.41, 5.74) is 4.29. The van der Waals surface area contributed by atoms with Crippen LogP contribution < -0.4 is 10.1 Å². The minimum Gasteiger partial charge on any atom is -0.493 e. The third-order valence-electron chi connectivity index (χ3n) is 3.73. The van der Waals surface area contributed by atoms with E-state index in [-0.39, 0.29) is 11.2 Å². The Hall–Kier alpha value is -1.94. The van der Waals surface area contributed by atoms with Gasteiger partial charge in [-0.1, -0.05) is 24.3 Å². The van der Waals surface area contributed by atoms with Crippen molar-refractivity contribution < 1.29 is 9.53 Å². The molecule has 2 aromatic carbocycles. The second-order valence-electron chi connectivity index (χ2n) is 5.99. The van der Waals surface area contributed by atoms with Crippen LogP contribution in [0.1, 0.15) is 23.6 Å². The van der Waals surface area contributed by atoms with Crippen LogP contribution in [0.15, 0.2) is 42.5 Å². The van der Waals surface area contributed by atoms with E-state index in [0.717, 1.165) is 28.3 Å². The molecule has 0 aliphatic carbocycles. The molecule has 1 amide bonds. The Balaban J connectivity index is 1.76. The third-order valence-corrected chi connectivity index (χ3v) is 4.85. The van der Waals surface area contributed by atoms with Crippen molar-refractivity contribution >= 4 is 23.4 Å². The number of nitrogens with one attached hydrogen (secondary N) is 1. The van der Waals surface area contributed by atoms with Crippen LogP contribution in [0.2, 0.25) is 0 Å². The summed E-state index contributed by atoms with van der Waals surface area (Å²) in [5, 5.41) is 2.90. The molecule has 0 fully saturated rings. The Morgan fingerprint density at radius 3 is 2.62 bits per heavy atom. The van der Waals surface area contributed by atoms with Gasteiger partial charge in [0.1, 0.15) is 5.75 Å². The van der Waals surface area contributed by atoms with Crippen LogP contribution in [0.4, 0.5) is 5.69 Å². The lowest BCUT2D eigenvalue weighted by Gasteiger charge is -2.14. The largest absolute Gasteiger partial charge is 0.493 e. The molecule has 0 saturated heterocycles. The molecule has 0 aromatic heterocycles. The number of benzene rings is 2. The van der Waals surface area contributed by atoms with E-state index in [1.807, 2.05) is 70.2 Å². The van der Waals surface area contributed by atoms with E-state index < -0.39 is 0 Å². The van der Waals surface area contributed by atoms with Crippen molar-refractivity contribution in [1.82, 2.24) is 0 Å². The Morgan fingerprint density at radius 1 is 1.12 bits per heavy atom. The maximum absolute atomic E-state index is 12.3. The molecular weight excluding hydrogens is 318 g/mol. The van der Waals surface area contributed by atoms with Gasteiger partial charge in [0.25, 0.3) is 0 Å². The van der Waals surface area contributed by atoms with E-state index in [9.17, 15) is 4.79 Å². The highest BCUT2D eigenvalue weighted by molar-refractivity contribution is 8.00. The lowest BCUT2D eigenvalue weighted by atomic mass is 10.1. The first-order chi connectivity index (χ1) is 11.5. The molecular formula is C20H25NO2S. The van der Waals surface area contributed by atoms with Gasteiger partial charge in [-0.3, -0.25) is 4.79 Å². The first-order valence-corrected chi connectivity index (χ1v) is 9.20. The lowest BCUT2D eigenvalue weighted by molar-refractivity contribution is -0.115. The molecule has 2 rings (SSSR count). The predicted molar refractivity (Wildman–Crippen MR) is 103 cm³/mol. The van der Waals surface area contributed by atoms with Crippen molar-refractivity contribution in [1.29, 1.82) is 0 Å². The molecule has 0 spiro atoms. The molecule has 0 saturated carbocycles. The monoisotopic (exact) mass is 343 g/mol. The molecule has 3 nitrogen and oxygen atoms in total. The highest BCUT2D eigenvalue weighted by Crippen LogP contribution is 2.19. The van der Waals surface area contributed by atoms with Crippen molar-refractivity contribution in [3.05, 3.63) is 59.2 Å². The summed E-state index contributed by atoms with van der Waals surface area (Å²) >= 11 is 1.60. The molecule has 0 aliphatic rings. The molecule has 0 aliphatic heterocycles. The van der Waals surface area contributed by atoms with Gasteiger partial charge in [0.2, 0.25) is 5.91 Å². The van der Waals surface area contributed by atoms with Gasteiger partial charge < -0.3 is 10.1 Å². The average molecular weight is 343 g/mol. The number of hydrogen-bond acceptors (Lipinski definition) is 3. The predicted octanol–water partition coefficient (Wildman–Crippen LogP) is 4.75. The van der Waals surface area contributed by atoms with Gasteiger partial charge in [0.15, 0.2) is 0 Å². The number of ether oxygens (including phenoxy) is 1. The van der Waals surface area contributed by atoms with Gasteiger partial charge in [0.05, 0.1) is 11.9 Å². The summed E-state index contributed by atoms with van der Waals surface area (Å²) < 4.78 is 5.72. The number of hydrogen-bond donors (Lipinski definition) is 1. The van der Waals surface area contributed by atoms with Gasteiger partial charge in [-0.05, 0) is 62.6 Å². The molecule has 1 atom stereocenters. The van der Waals surface area contributed by atoms with Crippen LogP contribution in [0.3, 0.4) is 0 Å². The minimum atomic E-state index is -0.119.